The van der Waals surface area contributed by atoms with Crippen LogP contribution in [0.1, 0.15) is 12.5 Å². The van der Waals surface area contributed by atoms with Gasteiger partial charge >= 0.3 is 11.6 Å². The van der Waals surface area contributed by atoms with Crippen LogP contribution in [-0.2, 0) is 20.5 Å². The van der Waals surface area contributed by atoms with Gasteiger partial charge in [-0.2, -0.15) is 9.13 Å². The fourth-order valence-corrected chi connectivity index (χ4v) is 2.39. The molecule has 0 bridgehead atoms. The molecule has 0 fully saturated rings. The standard InChI is InChI=1S/C16H18N2O/c1-4-12-8-9-13-15(11-12)19-16(18(13)3)14-7-5-6-10-17(14)2/h5-11H,4H2,1-3H3/q+2. The Labute approximate surface area is 112 Å². The minimum absolute atomic E-state index is 0.881. The number of fused-ring (bicyclic) bond motifs is 1. The molecule has 0 saturated carbocycles. The lowest BCUT2D eigenvalue weighted by Crippen LogP contribution is -2.36. The number of benzene rings is 1. The van der Waals surface area contributed by atoms with E-state index in [2.05, 4.69) is 40.3 Å². The van der Waals surface area contributed by atoms with Gasteiger partial charge in [0, 0.05) is 18.2 Å². The summed E-state index contributed by atoms with van der Waals surface area (Å²) >= 11 is 0. The molecule has 1 aromatic carbocycles. The van der Waals surface area contributed by atoms with Crippen LogP contribution in [0.25, 0.3) is 22.7 Å². The van der Waals surface area contributed by atoms with Crippen molar-refractivity contribution >= 4 is 11.1 Å². The molecule has 3 rings (SSSR count). The van der Waals surface area contributed by atoms with E-state index >= 15 is 0 Å². The Kier molecular flexibility index (Phi) is 2.82. The summed E-state index contributed by atoms with van der Waals surface area (Å²) in [6.45, 7) is 2.15. The van der Waals surface area contributed by atoms with Crippen LogP contribution in [0.15, 0.2) is 47.0 Å². The fraction of sp³-hybridized carbons (Fsp3) is 0.250. The monoisotopic (exact) mass is 254 g/mol. The van der Waals surface area contributed by atoms with Crippen molar-refractivity contribution in [2.24, 2.45) is 14.1 Å². The van der Waals surface area contributed by atoms with Crippen LogP contribution in [0.4, 0.5) is 0 Å². The molecule has 0 amide bonds. The Morgan fingerprint density at radius 3 is 2.68 bits per heavy atom. The van der Waals surface area contributed by atoms with E-state index in [0.717, 1.165) is 29.1 Å². The lowest BCUT2D eigenvalue weighted by molar-refractivity contribution is -0.682. The van der Waals surface area contributed by atoms with Crippen molar-refractivity contribution in [3.05, 3.63) is 48.2 Å². The van der Waals surface area contributed by atoms with Crippen molar-refractivity contribution in [2.75, 3.05) is 0 Å². The third-order valence-electron chi connectivity index (χ3n) is 3.58. The molecule has 19 heavy (non-hydrogen) atoms. The number of nitrogens with zero attached hydrogens (tertiary/aromatic N) is 2. The van der Waals surface area contributed by atoms with E-state index in [1.165, 1.54) is 5.56 Å². The molecule has 0 N–H and O–H groups in total. The molecule has 0 aliphatic carbocycles. The maximum atomic E-state index is 6.05. The van der Waals surface area contributed by atoms with Crippen LogP contribution in [-0.4, -0.2) is 0 Å². The molecule has 0 aliphatic heterocycles. The molecule has 0 saturated heterocycles. The lowest BCUT2D eigenvalue weighted by Gasteiger charge is -1.91. The van der Waals surface area contributed by atoms with E-state index in [1.54, 1.807) is 0 Å². The normalized spacial score (nSPS) is 11.1. The van der Waals surface area contributed by atoms with Gasteiger partial charge in [-0.05, 0) is 24.1 Å². The van der Waals surface area contributed by atoms with Gasteiger partial charge in [0.15, 0.2) is 6.20 Å². The topological polar surface area (TPSA) is 20.9 Å². The third kappa shape index (κ3) is 1.91. The first-order valence-electron chi connectivity index (χ1n) is 6.57. The minimum atomic E-state index is 0.881. The highest BCUT2D eigenvalue weighted by Gasteiger charge is 2.27. The number of hydrogen-bond donors (Lipinski definition) is 0. The van der Waals surface area contributed by atoms with E-state index in [0.29, 0.717) is 0 Å². The van der Waals surface area contributed by atoms with Gasteiger partial charge in [-0.1, -0.05) is 13.0 Å². The number of pyridine rings is 1. The first-order valence-corrected chi connectivity index (χ1v) is 6.57. The molecule has 2 heterocycles. The van der Waals surface area contributed by atoms with Gasteiger partial charge < -0.3 is 4.42 Å². The second-order valence-electron chi connectivity index (χ2n) is 4.82. The van der Waals surface area contributed by atoms with Gasteiger partial charge in [0.2, 0.25) is 5.58 Å². The molecule has 3 nitrogen and oxygen atoms in total. The average Bonchev–Trinajstić information content (AvgIpc) is 2.76. The van der Waals surface area contributed by atoms with Gasteiger partial charge in [-0.3, -0.25) is 0 Å². The molecule has 96 valence electrons. The molecule has 0 unspecified atom stereocenters. The molecule has 2 aromatic heterocycles. The SMILES string of the molecule is CCc1ccc2c(c1)oc(-c1cccc[n+]1C)[n+]2C. The number of aromatic nitrogens is 2. The first kappa shape index (κ1) is 11.9. The van der Waals surface area contributed by atoms with Crippen molar-refractivity contribution in [3.8, 4) is 11.6 Å². The molecular formula is C16H18N2O+2. The van der Waals surface area contributed by atoms with E-state index in [4.69, 9.17) is 4.42 Å². The highest BCUT2D eigenvalue weighted by Crippen LogP contribution is 2.21. The quantitative estimate of drug-likeness (QED) is 0.643. The minimum Gasteiger partial charge on any atom is -0.393 e. The predicted octanol–water partition coefficient (Wildman–Crippen LogP) is 2.31. The van der Waals surface area contributed by atoms with Crippen molar-refractivity contribution in [3.63, 3.8) is 0 Å². The van der Waals surface area contributed by atoms with Crippen LogP contribution >= 0.6 is 0 Å². The van der Waals surface area contributed by atoms with Crippen molar-refractivity contribution < 1.29 is 13.6 Å². The average molecular weight is 254 g/mol. The third-order valence-corrected chi connectivity index (χ3v) is 3.58. The Morgan fingerprint density at radius 2 is 1.95 bits per heavy atom. The Bertz CT molecular complexity index is 744. The zero-order valence-electron chi connectivity index (χ0n) is 11.6. The number of aryl methyl sites for hydroxylation is 3. The zero-order valence-corrected chi connectivity index (χ0v) is 11.6. The first-order chi connectivity index (χ1) is 9.20. The molecule has 0 radical (unpaired) electrons. The van der Waals surface area contributed by atoms with Crippen LogP contribution in [0.5, 0.6) is 0 Å². The second-order valence-corrected chi connectivity index (χ2v) is 4.82. The van der Waals surface area contributed by atoms with Crippen LogP contribution in [0, 0.1) is 0 Å². The largest absolute Gasteiger partial charge is 0.448 e. The summed E-state index contributed by atoms with van der Waals surface area (Å²) in [5, 5.41) is 0. The van der Waals surface area contributed by atoms with E-state index in [9.17, 15) is 0 Å². The van der Waals surface area contributed by atoms with Crippen molar-refractivity contribution in [1.29, 1.82) is 0 Å². The molecule has 3 heteroatoms. The fourth-order valence-electron chi connectivity index (χ4n) is 2.39. The van der Waals surface area contributed by atoms with Crippen LogP contribution in [0.2, 0.25) is 0 Å². The summed E-state index contributed by atoms with van der Waals surface area (Å²) in [4.78, 5) is 0. The molecule has 0 atom stereocenters. The summed E-state index contributed by atoms with van der Waals surface area (Å²) in [6, 6.07) is 12.5. The smallest absolute Gasteiger partial charge is 0.393 e. The van der Waals surface area contributed by atoms with E-state index in [1.807, 2.05) is 32.4 Å². The predicted molar refractivity (Wildman–Crippen MR) is 73.4 cm³/mol. The summed E-state index contributed by atoms with van der Waals surface area (Å²) in [6.07, 6.45) is 3.05. The zero-order chi connectivity index (χ0) is 13.4. The van der Waals surface area contributed by atoms with Gasteiger partial charge in [-0.25, -0.2) is 0 Å². The maximum Gasteiger partial charge on any atom is 0.448 e. The molecule has 0 aliphatic rings. The number of rotatable bonds is 2. The molecule has 0 spiro atoms. The van der Waals surface area contributed by atoms with Crippen molar-refractivity contribution in [2.45, 2.75) is 13.3 Å². The van der Waals surface area contributed by atoms with E-state index in [-0.39, 0.29) is 0 Å². The highest BCUT2D eigenvalue weighted by molar-refractivity contribution is 5.71. The van der Waals surface area contributed by atoms with Gasteiger partial charge in [0.1, 0.15) is 14.1 Å². The van der Waals surface area contributed by atoms with Crippen LogP contribution < -0.4 is 9.13 Å². The Hall–Kier alpha value is -2.16. The summed E-state index contributed by atoms with van der Waals surface area (Å²) in [5.74, 6) is 0.881. The lowest BCUT2D eigenvalue weighted by atomic mass is 10.1. The number of hydrogen-bond acceptors (Lipinski definition) is 1. The van der Waals surface area contributed by atoms with Gasteiger partial charge in [0.05, 0.1) is 0 Å². The Balaban J connectivity index is 2.25. The molecule has 3 aromatic rings. The Morgan fingerprint density at radius 1 is 1.11 bits per heavy atom. The summed E-state index contributed by atoms with van der Waals surface area (Å²) in [7, 11) is 4.07. The van der Waals surface area contributed by atoms with Crippen LogP contribution in [0.3, 0.4) is 0 Å². The van der Waals surface area contributed by atoms with Gasteiger partial charge in [0.25, 0.3) is 5.52 Å². The highest BCUT2D eigenvalue weighted by atomic mass is 16.4. The van der Waals surface area contributed by atoms with Crippen molar-refractivity contribution in [1.82, 2.24) is 0 Å². The van der Waals surface area contributed by atoms with Gasteiger partial charge in [-0.15, -0.1) is 0 Å². The second kappa shape index (κ2) is 4.50. The number of oxazole rings is 1. The van der Waals surface area contributed by atoms with E-state index < -0.39 is 0 Å². The maximum absolute atomic E-state index is 6.05. The molecular weight excluding hydrogens is 236 g/mol. The summed E-state index contributed by atoms with van der Waals surface area (Å²) < 4.78 is 10.2. The summed E-state index contributed by atoms with van der Waals surface area (Å²) in [5.41, 5.74) is 4.43.